The normalized spacial score (nSPS) is 11.8. The molecular formula is C21H31N5O2. The Morgan fingerprint density at radius 3 is 2.75 bits per heavy atom. The van der Waals surface area contributed by atoms with Crippen LogP contribution >= 0.6 is 0 Å². The standard InChI is InChI=1S/C21H31N5O2/c1-24(2)10-5-12-26-20-15-17(8-9-19(20)23-21(26)22)27-14-6-11-25(3)16-18-7-4-13-28-18/h4,7-9,13,15H,5-6,10-12,14,16H2,1-3H3,(H2,22,23). The number of nitrogens with two attached hydrogens (primary N) is 1. The monoisotopic (exact) mass is 385 g/mol. The molecule has 2 aromatic heterocycles. The first-order valence-corrected chi connectivity index (χ1v) is 9.77. The molecule has 2 heterocycles. The molecule has 0 saturated carbocycles. The molecule has 28 heavy (non-hydrogen) atoms. The van der Waals surface area contributed by atoms with Crippen molar-refractivity contribution in [1.29, 1.82) is 0 Å². The summed E-state index contributed by atoms with van der Waals surface area (Å²) in [6.07, 6.45) is 3.68. The van der Waals surface area contributed by atoms with E-state index in [2.05, 4.69) is 40.5 Å². The van der Waals surface area contributed by atoms with Crippen LogP contribution in [0.15, 0.2) is 41.0 Å². The number of hydrogen-bond donors (Lipinski definition) is 1. The van der Waals surface area contributed by atoms with Gasteiger partial charge >= 0.3 is 0 Å². The van der Waals surface area contributed by atoms with E-state index in [1.165, 1.54) is 0 Å². The van der Waals surface area contributed by atoms with Crippen molar-refractivity contribution in [2.45, 2.75) is 25.9 Å². The highest BCUT2D eigenvalue weighted by Crippen LogP contribution is 2.23. The molecule has 0 aliphatic heterocycles. The number of aryl methyl sites for hydroxylation is 1. The van der Waals surface area contributed by atoms with Gasteiger partial charge in [0.25, 0.3) is 0 Å². The second-order valence-corrected chi connectivity index (χ2v) is 7.45. The van der Waals surface area contributed by atoms with Crippen LogP contribution in [0, 0.1) is 0 Å². The Morgan fingerprint density at radius 2 is 2.00 bits per heavy atom. The zero-order valence-electron chi connectivity index (χ0n) is 17.1. The van der Waals surface area contributed by atoms with Crippen molar-refractivity contribution in [2.75, 3.05) is 46.6 Å². The van der Waals surface area contributed by atoms with Crippen molar-refractivity contribution in [3.8, 4) is 5.75 Å². The summed E-state index contributed by atoms with van der Waals surface area (Å²) in [5, 5.41) is 0. The number of furan rings is 1. The molecule has 152 valence electrons. The predicted molar refractivity (Wildman–Crippen MR) is 112 cm³/mol. The summed E-state index contributed by atoms with van der Waals surface area (Å²) in [6, 6.07) is 9.90. The maximum Gasteiger partial charge on any atom is 0.201 e. The van der Waals surface area contributed by atoms with Gasteiger partial charge in [0.1, 0.15) is 11.5 Å². The van der Waals surface area contributed by atoms with Crippen LogP contribution in [0.1, 0.15) is 18.6 Å². The molecule has 0 unspecified atom stereocenters. The van der Waals surface area contributed by atoms with Gasteiger partial charge in [-0.2, -0.15) is 0 Å². The van der Waals surface area contributed by atoms with Crippen LogP contribution in [0.25, 0.3) is 11.0 Å². The molecule has 0 radical (unpaired) electrons. The van der Waals surface area contributed by atoms with Crippen LogP contribution in [0.4, 0.5) is 5.95 Å². The minimum Gasteiger partial charge on any atom is -0.493 e. The van der Waals surface area contributed by atoms with Gasteiger partial charge in [0.15, 0.2) is 0 Å². The van der Waals surface area contributed by atoms with Crippen LogP contribution in [-0.2, 0) is 13.1 Å². The van der Waals surface area contributed by atoms with Crippen LogP contribution < -0.4 is 10.5 Å². The average molecular weight is 386 g/mol. The molecule has 0 bridgehead atoms. The fourth-order valence-corrected chi connectivity index (χ4v) is 3.26. The van der Waals surface area contributed by atoms with Crippen molar-refractivity contribution >= 4 is 17.0 Å². The lowest BCUT2D eigenvalue weighted by Gasteiger charge is -2.15. The molecule has 0 spiro atoms. The highest BCUT2D eigenvalue weighted by Gasteiger charge is 2.10. The minimum atomic E-state index is 0.561. The van der Waals surface area contributed by atoms with E-state index in [9.17, 15) is 0 Å². The number of aromatic nitrogens is 2. The maximum atomic E-state index is 6.11. The van der Waals surface area contributed by atoms with E-state index in [1.807, 2.05) is 30.3 Å². The molecule has 0 fully saturated rings. The van der Waals surface area contributed by atoms with Crippen molar-refractivity contribution in [3.05, 3.63) is 42.4 Å². The van der Waals surface area contributed by atoms with Crippen molar-refractivity contribution in [2.24, 2.45) is 0 Å². The number of imidazole rings is 1. The Balaban J connectivity index is 1.51. The van der Waals surface area contributed by atoms with E-state index in [-0.39, 0.29) is 0 Å². The van der Waals surface area contributed by atoms with Gasteiger partial charge in [-0.25, -0.2) is 4.98 Å². The van der Waals surface area contributed by atoms with Crippen LogP contribution in [0.2, 0.25) is 0 Å². The zero-order valence-corrected chi connectivity index (χ0v) is 17.1. The molecule has 0 atom stereocenters. The summed E-state index contributed by atoms with van der Waals surface area (Å²) < 4.78 is 13.4. The second kappa shape index (κ2) is 9.61. The smallest absolute Gasteiger partial charge is 0.201 e. The van der Waals surface area contributed by atoms with E-state index in [1.54, 1.807) is 6.26 Å². The van der Waals surface area contributed by atoms with Crippen LogP contribution in [0.3, 0.4) is 0 Å². The number of nitrogen functional groups attached to an aromatic ring is 1. The molecule has 7 nitrogen and oxygen atoms in total. The molecule has 3 aromatic rings. The number of rotatable bonds is 11. The van der Waals surface area contributed by atoms with Gasteiger partial charge < -0.3 is 24.4 Å². The molecule has 0 saturated heterocycles. The molecule has 0 aliphatic rings. The van der Waals surface area contributed by atoms with Crippen LogP contribution in [0.5, 0.6) is 5.75 Å². The summed E-state index contributed by atoms with van der Waals surface area (Å²) in [6.45, 7) is 4.28. The molecule has 0 amide bonds. The summed E-state index contributed by atoms with van der Waals surface area (Å²) in [5.41, 5.74) is 8.06. The number of ether oxygens (including phenoxy) is 1. The first kappa shape index (κ1) is 20.2. The lowest BCUT2D eigenvalue weighted by molar-refractivity contribution is 0.247. The Morgan fingerprint density at radius 1 is 1.14 bits per heavy atom. The number of nitrogens with zero attached hydrogens (tertiary/aromatic N) is 4. The number of benzene rings is 1. The summed E-state index contributed by atoms with van der Waals surface area (Å²) in [7, 11) is 6.24. The first-order chi connectivity index (χ1) is 13.5. The van der Waals surface area contributed by atoms with Crippen LogP contribution in [-0.4, -0.2) is 60.2 Å². The van der Waals surface area contributed by atoms with E-state index in [0.717, 1.165) is 61.6 Å². The van der Waals surface area contributed by atoms with Gasteiger partial charge in [-0.15, -0.1) is 0 Å². The van der Waals surface area contributed by atoms with Gasteiger partial charge in [0.2, 0.25) is 5.95 Å². The third-order valence-corrected chi connectivity index (χ3v) is 4.70. The lowest BCUT2D eigenvalue weighted by Crippen LogP contribution is -2.20. The van der Waals surface area contributed by atoms with Gasteiger partial charge in [-0.1, -0.05) is 0 Å². The third kappa shape index (κ3) is 5.50. The zero-order chi connectivity index (χ0) is 19.9. The van der Waals surface area contributed by atoms with E-state index in [4.69, 9.17) is 14.9 Å². The summed E-state index contributed by atoms with van der Waals surface area (Å²) >= 11 is 0. The lowest BCUT2D eigenvalue weighted by atomic mass is 10.3. The van der Waals surface area contributed by atoms with Crippen molar-refractivity contribution in [1.82, 2.24) is 19.4 Å². The molecule has 3 rings (SSSR count). The van der Waals surface area contributed by atoms with Gasteiger partial charge in [0.05, 0.1) is 30.4 Å². The quantitative estimate of drug-likeness (QED) is 0.512. The van der Waals surface area contributed by atoms with Crippen molar-refractivity contribution in [3.63, 3.8) is 0 Å². The second-order valence-electron chi connectivity index (χ2n) is 7.45. The Kier molecular flexibility index (Phi) is 6.95. The molecule has 2 N–H and O–H groups in total. The van der Waals surface area contributed by atoms with E-state index in [0.29, 0.717) is 12.6 Å². The fourth-order valence-electron chi connectivity index (χ4n) is 3.26. The minimum absolute atomic E-state index is 0.561. The largest absolute Gasteiger partial charge is 0.493 e. The first-order valence-electron chi connectivity index (χ1n) is 9.77. The average Bonchev–Trinajstić information content (AvgIpc) is 3.26. The maximum absolute atomic E-state index is 6.11. The molecule has 1 aromatic carbocycles. The highest BCUT2D eigenvalue weighted by molar-refractivity contribution is 5.79. The van der Waals surface area contributed by atoms with Crippen molar-refractivity contribution < 1.29 is 9.15 Å². The molecule has 0 aliphatic carbocycles. The summed E-state index contributed by atoms with van der Waals surface area (Å²) in [5.74, 6) is 2.40. The topological polar surface area (TPSA) is 72.7 Å². The van der Waals surface area contributed by atoms with Gasteiger partial charge in [0, 0.05) is 19.2 Å². The number of anilines is 1. The molecular weight excluding hydrogens is 354 g/mol. The predicted octanol–water partition coefficient (Wildman–Crippen LogP) is 3.06. The third-order valence-electron chi connectivity index (χ3n) is 4.70. The van der Waals surface area contributed by atoms with Gasteiger partial charge in [-0.3, -0.25) is 4.90 Å². The van der Waals surface area contributed by atoms with E-state index < -0.39 is 0 Å². The Labute approximate surface area is 166 Å². The summed E-state index contributed by atoms with van der Waals surface area (Å²) in [4.78, 5) is 8.86. The SMILES string of the molecule is CN(C)CCCn1c(N)nc2ccc(OCCCN(C)Cc3ccco3)cc21. The fraction of sp³-hybridized carbons (Fsp3) is 0.476. The Hall–Kier alpha value is -2.51. The Bertz CT molecular complexity index is 857. The number of fused-ring (bicyclic) bond motifs is 1. The van der Waals surface area contributed by atoms with E-state index >= 15 is 0 Å². The highest BCUT2D eigenvalue weighted by atomic mass is 16.5. The van der Waals surface area contributed by atoms with Gasteiger partial charge in [-0.05, 0) is 64.8 Å². The number of hydrogen-bond acceptors (Lipinski definition) is 6. The molecule has 7 heteroatoms.